The number of aromatic nitrogens is 1. The van der Waals surface area contributed by atoms with E-state index in [0.717, 1.165) is 20.9 Å². The molecule has 0 aliphatic carbocycles. The van der Waals surface area contributed by atoms with Gasteiger partial charge in [0.15, 0.2) is 14.6 Å². The Morgan fingerprint density at radius 3 is 2.73 bits per heavy atom. The van der Waals surface area contributed by atoms with E-state index in [4.69, 9.17) is 0 Å². The van der Waals surface area contributed by atoms with Crippen LogP contribution in [0.4, 0.5) is 0 Å². The molecule has 0 N–H and O–H groups in total. The van der Waals surface area contributed by atoms with Crippen molar-refractivity contribution >= 4 is 53.2 Å². The van der Waals surface area contributed by atoms with E-state index in [2.05, 4.69) is 27.5 Å². The Labute approximate surface area is 163 Å². The number of carbonyl (C=O) groups is 1. The van der Waals surface area contributed by atoms with Crippen LogP contribution in [0.3, 0.4) is 0 Å². The van der Waals surface area contributed by atoms with Crippen molar-refractivity contribution in [1.82, 2.24) is 4.57 Å². The first-order chi connectivity index (χ1) is 12.3. The van der Waals surface area contributed by atoms with Gasteiger partial charge in [0.1, 0.15) is 0 Å². The van der Waals surface area contributed by atoms with Gasteiger partial charge in [0, 0.05) is 17.3 Å². The van der Waals surface area contributed by atoms with E-state index in [1.165, 1.54) is 23.5 Å². The molecule has 0 fully saturated rings. The van der Waals surface area contributed by atoms with Crippen LogP contribution in [0.1, 0.15) is 10.4 Å². The predicted molar refractivity (Wildman–Crippen MR) is 107 cm³/mol. The molecular weight excluding hydrogens is 436 g/mol. The molecule has 3 aromatic rings. The maximum absolute atomic E-state index is 12.7. The number of benzene rings is 2. The molecule has 2 aromatic carbocycles. The molecule has 1 amide bonds. The Bertz CT molecular complexity index is 1190. The van der Waals surface area contributed by atoms with Crippen molar-refractivity contribution in [3.8, 4) is 0 Å². The molecule has 8 heteroatoms. The number of sulfone groups is 1. The summed E-state index contributed by atoms with van der Waals surface area (Å²) in [5, 5.41) is 0. The molecule has 0 bridgehead atoms. The second-order valence-electron chi connectivity index (χ2n) is 5.58. The van der Waals surface area contributed by atoms with E-state index < -0.39 is 15.7 Å². The molecule has 0 radical (unpaired) electrons. The lowest BCUT2D eigenvalue weighted by atomic mass is 10.2. The van der Waals surface area contributed by atoms with Crippen molar-refractivity contribution < 1.29 is 13.2 Å². The van der Waals surface area contributed by atoms with Crippen LogP contribution in [0.15, 0.2) is 69.5 Å². The van der Waals surface area contributed by atoms with Gasteiger partial charge in [-0.3, -0.25) is 4.79 Å². The second-order valence-corrected chi connectivity index (χ2v) is 9.49. The van der Waals surface area contributed by atoms with Crippen LogP contribution in [0.2, 0.25) is 0 Å². The molecule has 1 heterocycles. The first-order valence-corrected chi connectivity index (χ1v) is 11.1. The zero-order valence-electron chi connectivity index (χ0n) is 13.8. The minimum absolute atomic E-state index is 0.0205. The number of fused-ring (bicyclic) bond motifs is 1. The fourth-order valence-corrected chi connectivity index (χ4v) is 5.02. The third kappa shape index (κ3) is 3.72. The van der Waals surface area contributed by atoms with E-state index in [1.807, 2.05) is 22.8 Å². The molecule has 134 valence electrons. The van der Waals surface area contributed by atoms with Gasteiger partial charge < -0.3 is 4.57 Å². The number of nitrogens with zero attached hydrogens (tertiary/aromatic N) is 2. The highest BCUT2D eigenvalue weighted by Gasteiger charge is 2.18. The van der Waals surface area contributed by atoms with Gasteiger partial charge in [-0.05, 0) is 30.3 Å². The summed E-state index contributed by atoms with van der Waals surface area (Å²) in [6.07, 6.45) is 2.80. The van der Waals surface area contributed by atoms with Crippen molar-refractivity contribution in [1.29, 1.82) is 0 Å². The Kier molecular flexibility index (Phi) is 5.27. The number of halogens is 1. The average molecular weight is 451 g/mol. The standard InChI is InChI=1S/C18H15BrN2O3S2/c1-3-10-21-14-9-8-12(19)11-15(14)25-18(21)20-17(22)13-6-4-5-7-16(13)26(2,23)24/h3-9,11H,1,10H2,2H3. The van der Waals surface area contributed by atoms with Gasteiger partial charge in [-0.1, -0.05) is 45.5 Å². The second kappa shape index (κ2) is 7.30. The molecule has 0 spiro atoms. The Hall–Kier alpha value is -2.03. The van der Waals surface area contributed by atoms with Crippen LogP contribution in [0.5, 0.6) is 0 Å². The highest BCUT2D eigenvalue weighted by Crippen LogP contribution is 2.23. The molecule has 0 unspecified atom stereocenters. The third-order valence-electron chi connectivity index (χ3n) is 3.67. The summed E-state index contributed by atoms with van der Waals surface area (Å²) in [4.78, 5) is 17.4. The molecule has 0 aliphatic heterocycles. The van der Waals surface area contributed by atoms with E-state index in [0.29, 0.717) is 11.3 Å². The molecule has 0 saturated carbocycles. The molecule has 1 aromatic heterocycles. The topological polar surface area (TPSA) is 68.5 Å². The average Bonchev–Trinajstić information content (AvgIpc) is 2.91. The van der Waals surface area contributed by atoms with Crippen LogP contribution in [-0.2, 0) is 16.4 Å². The Morgan fingerprint density at radius 2 is 2.04 bits per heavy atom. The first kappa shape index (κ1) is 18.8. The van der Waals surface area contributed by atoms with Crippen molar-refractivity contribution in [2.24, 2.45) is 4.99 Å². The summed E-state index contributed by atoms with van der Waals surface area (Å²) in [6, 6.07) is 11.9. The largest absolute Gasteiger partial charge is 0.312 e. The predicted octanol–water partition coefficient (Wildman–Crippen LogP) is 3.80. The van der Waals surface area contributed by atoms with Gasteiger partial charge in [-0.2, -0.15) is 4.99 Å². The van der Waals surface area contributed by atoms with Crippen LogP contribution in [0.25, 0.3) is 10.2 Å². The van der Waals surface area contributed by atoms with Crippen molar-refractivity contribution in [3.63, 3.8) is 0 Å². The zero-order valence-corrected chi connectivity index (χ0v) is 17.1. The molecular formula is C18H15BrN2O3S2. The maximum atomic E-state index is 12.7. The number of allylic oxidation sites excluding steroid dienone is 1. The molecule has 0 saturated heterocycles. The molecule has 26 heavy (non-hydrogen) atoms. The number of amides is 1. The van der Waals surface area contributed by atoms with E-state index >= 15 is 0 Å². The van der Waals surface area contributed by atoms with Crippen molar-refractivity contribution in [2.45, 2.75) is 11.4 Å². The zero-order chi connectivity index (χ0) is 18.9. The van der Waals surface area contributed by atoms with Crippen molar-refractivity contribution in [2.75, 3.05) is 6.26 Å². The molecule has 5 nitrogen and oxygen atoms in total. The Morgan fingerprint density at radius 1 is 1.31 bits per heavy atom. The molecule has 0 aliphatic rings. The van der Waals surface area contributed by atoms with E-state index in [9.17, 15) is 13.2 Å². The van der Waals surface area contributed by atoms with Gasteiger partial charge in [-0.25, -0.2) is 8.42 Å². The highest BCUT2D eigenvalue weighted by molar-refractivity contribution is 9.10. The molecule has 3 rings (SSSR count). The van der Waals surface area contributed by atoms with Crippen LogP contribution < -0.4 is 4.80 Å². The lowest BCUT2D eigenvalue weighted by molar-refractivity contribution is 0.0994. The molecule has 0 atom stereocenters. The summed E-state index contributed by atoms with van der Waals surface area (Å²) in [6.45, 7) is 4.24. The SMILES string of the molecule is C=CCn1c(=NC(=O)c2ccccc2S(C)(=O)=O)sc2cc(Br)ccc21. The third-order valence-corrected chi connectivity index (χ3v) is 6.36. The van der Waals surface area contributed by atoms with Crippen molar-refractivity contribution in [3.05, 3.63) is 70.0 Å². The monoisotopic (exact) mass is 450 g/mol. The smallest absolute Gasteiger partial charge is 0.280 e. The number of thiazole rings is 1. The summed E-state index contributed by atoms with van der Waals surface area (Å²) >= 11 is 4.80. The van der Waals surface area contributed by atoms with E-state index in [1.54, 1.807) is 18.2 Å². The number of hydrogen-bond acceptors (Lipinski definition) is 4. The van der Waals surface area contributed by atoms with Crippen LogP contribution >= 0.6 is 27.3 Å². The van der Waals surface area contributed by atoms with Gasteiger partial charge in [0.25, 0.3) is 5.91 Å². The van der Waals surface area contributed by atoms with Gasteiger partial charge in [-0.15, -0.1) is 6.58 Å². The number of hydrogen-bond donors (Lipinski definition) is 0. The first-order valence-electron chi connectivity index (χ1n) is 7.59. The van der Waals surface area contributed by atoms with Crippen LogP contribution in [0, 0.1) is 0 Å². The maximum Gasteiger partial charge on any atom is 0.280 e. The summed E-state index contributed by atoms with van der Waals surface area (Å²) in [7, 11) is -3.53. The fourth-order valence-electron chi connectivity index (χ4n) is 2.55. The summed E-state index contributed by atoms with van der Waals surface area (Å²) in [5.41, 5.74) is 1.000. The number of carbonyl (C=O) groups excluding carboxylic acids is 1. The quantitative estimate of drug-likeness (QED) is 0.567. The summed E-state index contributed by atoms with van der Waals surface area (Å²) in [5.74, 6) is -0.588. The lowest BCUT2D eigenvalue weighted by Gasteiger charge is -2.04. The van der Waals surface area contributed by atoms with E-state index in [-0.39, 0.29) is 10.5 Å². The van der Waals surface area contributed by atoms with Gasteiger partial charge in [0.05, 0.1) is 20.7 Å². The minimum Gasteiger partial charge on any atom is -0.312 e. The van der Waals surface area contributed by atoms with Gasteiger partial charge in [0.2, 0.25) is 0 Å². The Balaban J connectivity index is 2.21. The fraction of sp³-hybridized carbons (Fsp3) is 0.111. The van der Waals surface area contributed by atoms with Crippen LogP contribution in [-0.4, -0.2) is 25.1 Å². The summed E-state index contributed by atoms with van der Waals surface area (Å²) < 4.78 is 27.7. The normalized spacial score (nSPS) is 12.5. The number of rotatable bonds is 4. The lowest BCUT2D eigenvalue weighted by Crippen LogP contribution is -2.17. The minimum atomic E-state index is -3.53. The van der Waals surface area contributed by atoms with Gasteiger partial charge >= 0.3 is 0 Å². The highest BCUT2D eigenvalue weighted by atomic mass is 79.9.